The van der Waals surface area contributed by atoms with E-state index in [2.05, 4.69) is 5.10 Å². The van der Waals surface area contributed by atoms with Crippen LogP contribution >= 0.6 is 0 Å². The molecule has 110 valence electrons. The first-order valence-corrected chi connectivity index (χ1v) is 6.04. The SMILES string of the molecule is NN=C([O-])COc1cc(OCC(=O)O)c2ccccc2c1. The van der Waals surface area contributed by atoms with E-state index >= 15 is 0 Å². The lowest BCUT2D eigenvalue weighted by atomic mass is 10.1. The number of nitrogens with zero attached hydrogens (tertiary/aromatic N) is 1. The van der Waals surface area contributed by atoms with E-state index in [0.717, 1.165) is 10.8 Å². The first-order chi connectivity index (χ1) is 10.1. The summed E-state index contributed by atoms with van der Waals surface area (Å²) in [5.74, 6) is 3.89. The predicted molar refractivity (Wildman–Crippen MR) is 74.2 cm³/mol. The van der Waals surface area contributed by atoms with Crippen LogP contribution in [0.3, 0.4) is 0 Å². The summed E-state index contributed by atoms with van der Waals surface area (Å²) < 4.78 is 10.5. The maximum absolute atomic E-state index is 11.0. The van der Waals surface area contributed by atoms with Gasteiger partial charge in [0, 0.05) is 17.4 Å². The van der Waals surface area contributed by atoms with E-state index in [1.807, 2.05) is 18.2 Å². The Bertz CT molecular complexity index is 684. The first-order valence-electron chi connectivity index (χ1n) is 6.04. The number of rotatable bonds is 6. The number of nitrogens with two attached hydrogens (primary N) is 1. The first kappa shape index (κ1) is 14.4. The van der Waals surface area contributed by atoms with Crippen molar-refractivity contribution < 1.29 is 24.5 Å². The summed E-state index contributed by atoms with van der Waals surface area (Å²) in [5, 5.41) is 24.2. The average molecular weight is 289 g/mol. The third kappa shape index (κ3) is 3.75. The molecule has 7 heteroatoms. The second-order valence-corrected chi connectivity index (χ2v) is 4.14. The van der Waals surface area contributed by atoms with Crippen LogP contribution in [0, 0.1) is 0 Å². The Morgan fingerprint density at radius 2 is 2.00 bits per heavy atom. The molecular formula is C14H13N2O5-. The number of carboxylic acids is 1. The molecule has 2 rings (SSSR count). The number of ether oxygens (including phenoxy) is 2. The third-order valence-corrected chi connectivity index (χ3v) is 2.65. The molecule has 2 aromatic rings. The van der Waals surface area contributed by atoms with Crippen LogP contribution in [0.15, 0.2) is 41.5 Å². The van der Waals surface area contributed by atoms with Gasteiger partial charge in [0.1, 0.15) is 18.1 Å². The largest absolute Gasteiger partial charge is 0.858 e. The van der Waals surface area contributed by atoms with Crippen molar-refractivity contribution in [2.45, 2.75) is 0 Å². The Balaban J connectivity index is 2.32. The smallest absolute Gasteiger partial charge is 0.341 e. The number of hydrazone groups is 1. The van der Waals surface area contributed by atoms with Gasteiger partial charge in [-0.25, -0.2) is 9.90 Å². The topological polar surface area (TPSA) is 117 Å². The van der Waals surface area contributed by atoms with E-state index in [4.69, 9.17) is 20.4 Å². The van der Waals surface area contributed by atoms with Gasteiger partial charge in [-0.3, -0.25) is 0 Å². The molecule has 0 bridgehead atoms. The number of aliphatic carboxylic acids is 1. The number of hydrogen-bond donors (Lipinski definition) is 2. The molecule has 0 saturated carbocycles. The fourth-order valence-corrected chi connectivity index (χ4v) is 1.77. The fraction of sp³-hybridized carbons (Fsp3) is 0.143. The number of carbonyl (C=O) groups is 1. The van der Waals surface area contributed by atoms with Crippen LogP contribution in [0.25, 0.3) is 10.8 Å². The molecule has 0 saturated heterocycles. The van der Waals surface area contributed by atoms with Crippen LogP contribution in [-0.4, -0.2) is 30.2 Å². The Hall–Kier alpha value is -2.96. The Kier molecular flexibility index (Phi) is 4.45. The zero-order valence-electron chi connectivity index (χ0n) is 11.0. The molecular weight excluding hydrogens is 276 g/mol. The summed E-state index contributed by atoms with van der Waals surface area (Å²) in [4.78, 5) is 10.6. The van der Waals surface area contributed by atoms with Crippen LogP contribution in [0.4, 0.5) is 0 Å². The second-order valence-electron chi connectivity index (χ2n) is 4.14. The quantitative estimate of drug-likeness (QED) is 0.342. The summed E-state index contributed by atoms with van der Waals surface area (Å²) in [7, 11) is 0. The molecule has 0 radical (unpaired) electrons. The lowest BCUT2D eigenvalue weighted by Crippen LogP contribution is -2.26. The molecule has 0 aromatic heterocycles. The molecule has 2 aromatic carbocycles. The monoisotopic (exact) mass is 289 g/mol. The fourth-order valence-electron chi connectivity index (χ4n) is 1.77. The number of benzene rings is 2. The Morgan fingerprint density at radius 3 is 2.71 bits per heavy atom. The van der Waals surface area contributed by atoms with Crippen molar-refractivity contribution in [3.63, 3.8) is 0 Å². The standard InChI is InChI=1S/C14H14N2O5/c15-16-13(17)7-20-10-5-9-3-1-2-4-11(9)12(6-10)21-8-14(18)19/h1-6H,7-8,15H2,(H,16,17)(H,18,19)/p-1. The van der Waals surface area contributed by atoms with Gasteiger partial charge in [-0.1, -0.05) is 24.3 Å². The highest BCUT2D eigenvalue weighted by Crippen LogP contribution is 2.31. The molecule has 21 heavy (non-hydrogen) atoms. The van der Waals surface area contributed by atoms with Crippen molar-refractivity contribution >= 4 is 22.6 Å². The maximum Gasteiger partial charge on any atom is 0.341 e. The predicted octanol–water partition coefficient (Wildman–Crippen LogP) is 0.315. The van der Waals surface area contributed by atoms with E-state index in [9.17, 15) is 9.90 Å². The Labute approximate surface area is 120 Å². The normalized spacial score (nSPS) is 11.3. The zero-order valence-corrected chi connectivity index (χ0v) is 11.0. The van der Waals surface area contributed by atoms with Crippen molar-refractivity contribution in [3.8, 4) is 11.5 Å². The third-order valence-electron chi connectivity index (χ3n) is 2.65. The van der Waals surface area contributed by atoms with Crippen molar-refractivity contribution in [2.24, 2.45) is 10.9 Å². The minimum Gasteiger partial charge on any atom is -0.858 e. The summed E-state index contributed by atoms with van der Waals surface area (Å²) >= 11 is 0. The van der Waals surface area contributed by atoms with E-state index < -0.39 is 18.5 Å². The molecule has 0 aliphatic rings. The Morgan fingerprint density at radius 1 is 1.24 bits per heavy atom. The highest BCUT2D eigenvalue weighted by molar-refractivity contribution is 5.90. The van der Waals surface area contributed by atoms with Crippen LogP contribution in [0.5, 0.6) is 11.5 Å². The van der Waals surface area contributed by atoms with E-state index in [1.54, 1.807) is 12.1 Å². The van der Waals surface area contributed by atoms with Gasteiger partial charge in [-0.2, -0.15) is 0 Å². The summed E-state index contributed by atoms with van der Waals surface area (Å²) in [5.41, 5.74) is 0. The van der Waals surface area contributed by atoms with Gasteiger partial charge in [0.25, 0.3) is 0 Å². The van der Waals surface area contributed by atoms with Crippen LogP contribution in [0.2, 0.25) is 0 Å². The van der Waals surface area contributed by atoms with E-state index in [0.29, 0.717) is 11.5 Å². The molecule has 0 aliphatic heterocycles. The molecule has 0 fully saturated rings. The van der Waals surface area contributed by atoms with Crippen LogP contribution in [-0.2, 0) is 4.79 Å². The van der Waals surface area contributed by atoms with Gasteiger partial charge >= 0.3 is 5.97 Å². The lowest BCUT2D eigenvalue weighted by molar-refractivity contribution is -0.221. The van der Waals surface area contributed by atoms with Gasteiger partial charge in [0.2, 0.25) is 0 Å². The number of hydrogen-bond acceptors (Lipinski definition) is 6. The maximum atomic E-state index is 11.0. The molecule has 0 aliphatic carbocycles. The van der Waals surface area contributed by atoms with Gasteiger partial charge in [-0.05, 0) is 11.5 Å². The molecule has 3 N–H and O–H groups in total. The molecule has 0 amide bonds. The van der Waals surface area contributed by atoms with Gasteiger partial charge in [0.05, 0.1) is 0 Å². The highest BCUT2D eigenvalue weighted by Gasteiger charge is 2.08. The van der Waals surface area contributed by atoms with E-state index in [-0.39, 0.29) is 6.61 Å². The number of carboxylic acid groups (broad SMARTS) is 1. The van der Waals surface area contributed by atoms with E-state index in [1.165, 1.54) is 6.07 Å². The second kappa shape index (κ2) is 6.47. The zero-order chi connectivity index (χ0) is 15.2. The lowest BCUT2D eigenvalue weighted by Gasteiger charge is -2.14. The van der Waals surface area contributed by atoms with Gasteiger partial charge in [0.15, 0.2) is 6.61 Å². The van der Waals surface area contributed by atoms with Crippen molar-refractivity contribution in [1.29, 1.82) is 0 Å². The summed E-state index contributed by atoms with van der Waals surface area (Å²) in [6.07, 6.45) is 0. The summed E-state index contributed by atoms with van der Waals surface area (Å²) in [6, 6.07) is 10.5. The van der Waals surface area contributed by atoms with Gasteiger partial charge < -0.3 is 25.5 Å². The number of fused-ring (bicyclic) bond motifs is 1. The minimum absolute atomic E-state index is 0.298. The average Bonchev–Trinajstić information content (AvgIpc) is 2.50. The molecule has 0 heterocycles. The summed E-state index contributed by atoms with van der Waals surface area (Å²) in [6.45, 7) is -0.766. The van der Waals surface area contributed by atoms with Gasteiger partial charge in [-0.15, -0.1) is 0 Å². The van der Waals surface area contributed by atoms with Crippen LogP contribution in [0.1, 0.15) is 0 Å². The van der Waals surface area contributed by atoms with Crippen LogP contribution < -0.4 is 20.4 Å². The highest BCUT2D eigenvalue weighted by atomic mass is 16.5. The molecule has 0 unspecified atom stereocenters. The molecule has 0 spiro atoms. The van der Waals surface area contributed by atoms with Crippen molar-refractivity contribution in [3.05, 3.63) is 36.4 Å². The molecule has 7 nitrogen and oxygen atoms in total. The van der Waals surface area contributed by atoms with Crippen molar-refractivity contribution in [2.75, 3.05) is 13.2 Å². The minimum atomic E-state index is -1.08. The van der Waals surface area contributed by atoms with Crippen molar-refractivity contribution in [1.82, 2.24) is 0 Å². The molecule has 0 atom stereocenters.